The summed E-state index contributed by atoms with van der Waals surface area (Å²) >= 11 is 3.33. The minimum atomic E-state index is -1.11. The molecular formula is C18H11BrFN3O3. The van der Waals surface area contributed by atoms with Crippen molar-refractivity contribution >= 4 is 44.6 Å². The largest absolute Gasteiger partial charge is 0.481 e. The van der Waals surface area contributed by atoms with Crippen LogP contribution in [0.2, 0.25) is 0 Å². The zero-order chi connectivity index (χ0) is 18.7. The lowest BCUT2D eigenvalue weighted by molar-refractivity contribution is -0.139. The van der Waals surface area contributed by atoms with Gasteiger partial charge in [0.05, 0.1) is 16.6 Å². The van der Waals surface area contributed by atoms with Crippen molar-refractivity contribution in [3.8, 4) is 11.8 Å². The van der Waals surface area contributed by atoms with Crippen molar-refractivity contribution in [3.05, 3.63) is 58.1 Å². The summed E-state index contributed by atoms with van der Waals surface area (Å²) < 4.78 is 19.3. The van der Waals surface area contributed by atoms with Crippen molar-refractivity contribution < 1.29 is 19.0 Å². The molecular weight excluding hydrogens is 405 g/mol. The number of allylic oxidation sites excluding steroid dienone is 1. The number of nitrogens with one attached hydrogen (secondary N) is 1. The minimum absolute atomic E-state index is 0.194. The molecule has 2 N–H and O–H groups in total. The highest BCUT2D eigenvalue weighted by Gasteiger charge is 2.11. The summed E-state index contributed by atoms with van der Waals surface area (Å²) in [5.74, 6) is -0.933. The van der Waals surface area contributed by atoms with E-state index in [-0.39, 0.29) is 11.4 Å². The Balaban J connectivity index is 2.04. The number of hydrogen-bond acceptors (Lipinski definition) is 4. The van der Waals surface area contributed by atoms with Crippen LogP contribution >= 0.6 is 15.9 Å². The average molecular weight is 416 g/mol. The Morgan fingerprint density at radius 1 is 1.38 bits per heavy atom. The van der Waals surface area contributed by atoms with Crippen LogP contribution in [-0.2, 0) is 4.79 Å². The predicted octanol–water partition coefficient (Wildman–Crippen LogP) is 3.99. The van der Waals surface area contributed by atoms with Crippen LogP contribution in [0.5, 0.6) is 5.75 Å². The second kappa shape index (κ2) is 7.37. The third-order valence-electron chi connectivity index (χ3n) is 3.44. The Labute approximate surface area is 155 Å². The highest BCUT2D eigenvalue weighted by atomic mass is 79.9. The van der Waals surface area contributed by atoms with E-state index in [1.807, 2.05) is 6.07 Å². The number of benzene rings is 2. The smallest absolute Gasteiger partial charge is 0.341 e. The first-order valence-electron chi connectivity index (χ1n) is 7.38. The molecule has 0 radical (unpaired) electrons. The van der Waals surface area contributed by atoms with Gasteiger partial charge in [-0.05, 0) is 42.5 Å². The van der Waals surface area contributed by atoms with Gasteiger partial charge in [0.25, 0.3) is 0 Å². The van der Waals surface area contributed by atoms with Gasteiger partial charge in [0.15, 0.2) is 6.61 Å². The summed E-state index contributed by atoms with van der Waals surface area (Å²) in [7, 11) is 0. The SMILES string of the molecule is N#C/C(=C/c1cc(Br)ccc1OCC(=O)O)c1nc2ccc(F)cc2[nH]1. The molecule has 2 aromatic carbocycles. The number of rotatable bonds is 5. The second-order valence-electron chi connectivity index (χ2n) is 5.28. The van der Waals surface area contributed by atoms with Crippen molar-refractivity contribution in [2.45, 2.75) is 0 Å². The third-order valence-corrected chi connectivity index (χ3v) is 3.94. The van der Waals surface area contributed by atoms with Crippen LogP contribution in [-0.4, -0.2) is 27.7 Å². The van der Waals surface area contributed by atoms with Crippen molar-refractivity contribution in [2.75, 3.05) is 6.61 Å². The van der Waals surface area contributed by atoms with E-state index in [1.54, 1.807) is 18.2 Å². The van der Waals surface area contributed by atoms with E-state index in [0.717, 1.165) is 4.47 Å². The molecule has 6 nitrogen and oxygen atoms in total. The van der Waals surface area contributed by atoms with Gasteiger partial charge in [0.2, 0.25) is 0 Å². The number of hydrogen-bond donors (Lipinski definition) is 2. The number of halogens is 2. The molecule has 3 aromatic rings. The number of carboxylic acid groups (broad SMARTS) is 1. The van der Waals surface area contributed by atoms with Gasteiger partial charge in [-0.25, -0.2) is 14.2 Å². The number of nitriles is 1. The van der Waals surface area contributed by atoms with Gasteiger partial charge < -0.3 is 14.8 Å². The van der Waals surface area contributed by atoms with Crippen molar-refractivity contribution in [2.24, 2.45) is 0 Å². The van der Waals surface area contributed by atoms with E-state index in [2.05, 4.69) is 25.9 Å². The number of ether oxygens (including phenoxy) is 1. The third kappa shape index (κ3) is 3.90. The molecule has 0 saturated heterocycles. The van der Waals surface area contributed by atoms with Gasteiger partial charge in [-0.2, -0.15) is 5.26 Å². The zero-order valence-electron chi connectivity index (χ0n) is 13.2. The summed E-state index contributed by atoms with van der Waals surface area (Å²) in [5.41, 5.74) is 1.69. The summed E-state index contributed by atoms with van der Waals surface area (Å²) in [5, 5.41) is 18.3. The number of carbonyl (C=O) groups is 1. The normalized spacial score (nSPS) is 11.3. The van der Waals surface area contributed by atoms with Gasteiger partial charge in [0, 0.05) is 10.0 Å². The molecule has 130 valence electrons. The van der Waals surface area contributed by atoms with E-state index in [9.17, 15) is 14.4 Å². The first-order chi connectivity index (χ1) is 12.5. The molecule has 0 spiro atoms. The summed E-state index contributed by atoms with van der Waals surface area (Å²) in [4.78, 5) is 17.9. The fourth-order valence-corrected chi connectivity index (χ4v) is 2.70. The molecule has 1 aromatic heterocycles. The molecule has 0 atom stereocenters. The van der Waals surface area contributed by atoms with Crippen LogP contribution in [0.25, 0.3) is 22.7 Å². The van der Waals surface area contributed by atoms with Crippen LogP contribution in [0.4, 0.5) is 4.39 Å². The first-order valence-corrected chi connectivity index (χ1v) is 8.17. The molecule has 0 saturated carbocycles. The number of H-pyrrole nitrogens is 1. The van der Waals surface area contributed by atoms with E-state index in [4.69, 9.17) is 9.84 Å². The topological polar surface area (TPSA) is 99.0 Å². The number of fused-ring (bicyclic) bond motifs is 1. The Kier molecular flexibility index (Phi) is 5.00. The average Bonchev–Trinajstić information content (AvgIpc) is 3.01. The number of imidazole rings is 1. The Morgan fingerprint density at radius 2 is 2.19 bits per heavy atom. The summed E-state index contributed by atoms with van der Waals surface area (Å²) in [6.45, 7) is -0.506. The number of carboxylic acids is 1. The second-order valence-corrected chi connectivity index (χ2v) is 6.20. The molecule has 1 heterocycles. The Morgan fingerprint density at radius 3 is 2.92 bits per heavy atom. The van der Waals surface area contributed by atoms with E-state index in [1.165, 1.54) is 24.3 Å². The monoisotopic (exact) mass is 415 g/mol. The van der Waals surface area contributed by atoms with Gasteiger partial charge in [-0.15, -0.1) is 0 Å². The highest BCUT2D eigenvalue weighted by Crippen LogP contribution is 2.28. The number of aliphatic carboxylic acids is 1. The molecule has 0 bridgehead atoms. The lowest BCUT2D eigenvalue weighted by Gasteiger charge is -2.08. The molecule has 3 rings (SSSR count). The number of nitrogens with zero attached hydrogens (tertiary/aromatic N) is 2. The first kappa shape index (κ1) is 17.6. The number of aromatic amines is 1. The van der Waals surface area contributed by atoms with E-state index >= 15 is 0 Å². The van der Waals surface area contributed by atoms with Crippen LogP contribution in [0.1, 0.15) is 11.4 Å². The lowest BCUT2D eigenvalue weighted by atomic mass is 10.1. The van der Waals surface area contributed by atoms with Crippen molar-refractivity contribution in [1.82, 2.24) is 9.97 Å². The Hall–Kier alpha value is -3.18. The standard InChI is InChI=1S/C18H11BrFN3O3/c19-12-1-4-16(26-9-17(24)25)10(6-12)5-11(8-21)18-22-14-3-2-13(20)7-15(14)23-18/h1-7H,9H2,(H,22,23)(H,24,25)/b11-5-. The quantitative estimate of drug-likeness (QED) is 0.613. The van der Waals surface area contributed by atoms with Crippen LogP contribution in [0, 0.1) is 17.1 Å². The molecule has 0 aliphatic heterocycles. The van der Waals surface area contributed by atoms with Crippen LogP contribution in [0.15, 0.2) is 40.9 Å². The maximum absolute atomic E-state index is 13.3. The zero-order valence-corrected chi connectivity index (χ0v) is 14.7. The molecule has 26 heavy (non-hydrogen) atoms. The molecule has 0 unspecified atom stereocenters. The predicted molar refractivity (Wildman–Crippen MR) is 96.8 cm³/mol. The number of aromatic nitrogens is 2. The lowest BCUT2D eigenvalue weighted by Crippen LogP contribution is -2.10. The fourth-order valence-electron chi connectivity index (χ4n) is 2.32. The van der Waals surface area contributed by atoms with Crippen molar-refractivity contribution in [3.63, 3.8) is 0 Å². The molecule has 0 aliphatic rings. The van der Waals surface area contributed by atoms with Gasteiger partial charge in [-0.3, -0.25) is 0 Å². The highest BCUT2D eigenvalue weighted by molar-refractivity contribution is 9.10. The molecule has 0 aliphatic carbocycles. The van der Waals surface area contributed by atoms with Gasteiger partial charge in [0.1, 0.15) is 23.5 Å². The fraction of sp³-hybridized carbons (Fsp3) is 0.0556. The Bertz CT molecular complexity index is 1070. The molecule has 8 heteroatoms. The molecule has 0 amide bonds. The minimum Gasteiger partial charge on any atom is -0.481 e. The van der Waals surface area contributed by atoms with Gasteiger partial charge in [-0.1, -0.05) is 15.9 Å². The van der Waals surface area contributed by atoms with Gasteiger partial charge >= 0.3 is 5.97 Å². The molecule has 0 fully saturated rings. The van der Waals surface area contributed by atoms with E-state index in [0.29, 0.717) is 22.3 Å². The van der Waals surface area contributed by atoms with Crippen molar-refractivity contribution in [1.29, 1.82) is 5.26 Å². The summed E-state index contributed by atoms with van der Waals surface area (Å²) in [6, 6.07) is 11.1. The summed E-state index contributed by atoms with van der Waals surface area (Å²) in [6.07, 6.45) is 1.52. The van der Waals surface area contributed by atoms with E-state index < -0.39 is 18.4 Å². The maximum Gasteiger partial charge on any atom is 0.341 e. The van der Waals surface area contributed by atoms with Crippen LogP contribution < -0.4 is 4.74 Å². The van der Waals surface area contributed by atoms with Crippen LogP contribution in [0.3, 0.4) is 0 Å². The maximum atomic E-state index is 13.3.